The summed E-state index contributed by atoms with van der Waals surface area (Å²) in [4.78, 5) is 24.2. The molecule has 1 unspecified atom stereocenters. The van der Waals surface area contributed by atoms with Crippen LogP contribution in [0, 0.1) is 0 Å². The number of carbonyl (C=O) groups excluding carboxylic acids is 2. The van der Waals surface area contributed by atoms with E-state index in [0.717, 1.165) is 38.5 Å². The van der Waals surface area contributed by atoms with Crippen LogP contribution in [0.15, 0.2) is 12.2 Å². The smallest absolute Gasteiger partial charge is 0.306 e. The molecule has 0 bridgehead atoms. The van der Waals surface area contributed by atoms with E-state index in [1.54, 1.807) is 0 Å². The minimum absolute atomic E-state index is 0.0610. The second-order valence-corrected chi connectivity index (χ2v) is 11.7. The van der Waals surface area contributed by atoms with Crippen molar-refractivity contribution in [2.75, 3.05) is 13.2 Å². The first-order valence-corrected chi connectivity index (χ1v) is 17.3. The van der Waals surface area contributed by atoms with Crippen LogP contribution in [-0.2, 0) is 19.1 Å². The normalized spacial score (nSPS) is 12.2. The third-order valence-electron chi connectivity index (χ3n) is 7.62. The number of rotatable bonds is 31. The number of esters is 2. The lowest BCUT2D eigenvalue weighted by Crippen LogP contribution is -2.32. The molecule has 0 saturated carbocycles. The molecule has 0 rings (SSSR count). The molecular formula is C35H67NO4. The summed E-state index contributed by atoms with van der Waals surface area (Å²) in [6, 6.07) is 0. The molecule has 0 saturated heterocycles. The lowest BCUT2D eigenvalue weighted by atomic mass is 10.1. The second kappa shape index (κ2) is 32.2. The van der Waals surface area contributed by atoms with Gasteiger partial charge >= 0.3 is 11.9 Å². The summed E-state index contributed by atoms with van der Waals surface area (Å²) in [5.41, 5.74) is 5.73. The summed E-state index contributed by atoms with van der Waals surface area (Å²) in [6.07, 6.45) is 34.7. The van der Waals surface area contributed by atoms with Crippen molar-refractivity contribution in [1.29, 1.82) is 0 Å². The molecule has 2 N–H and O–H groups in total. The molecule has 40 heavy (non-hydrogen) atoms. The maximum absolute atomic E-state index is 12.1. The van der Waals surface area contributed by atoms with Gasteiger partial charge in [0.15, 0.2) is 0 Å². The maximum Gasteiger partial charge on any atom is 0.306 e. The predicted octanol–water partition coefficient (Wildman–Crippen LogP) is 10.1. The number of hydrogen-bond donors (Lipinski definition) is 1. The first-order valence-electron chi connectivity index (χ1n) is 17.3. The Morgan fingerprint density at radius 2 is 0.925 bits per heavy atom. The molecule has 0 spiro atoms. The molecule has 0 heterocycles. The van der Waals surface area contributed by atoms with Gasteiger partial charge < -0.3 is 15.2 Å². The lowest BCUT2D eigenvalue weighted by molar-refractivity contribution is -0.158. The van der Waals surface area contributed by atoms with Gasteiger partial charge in [0.05, 0.1) is 0 Å². The van der Waals surface area contributed by atoms with E-state index in [-0.39, 0.29) is 25.1 Å². The fraction of sp³-hybridized carbons (Fsp3) is 0.886. The predicted molar refractivity (Wildman–Crippen MR) is 170 cm³/mol. The highest BCUT2D eigenvalue weighted by molar-refractivity contribution is 5.70. The molecule has 0 aliphatic heterocycles. The third kappa shape index (κ3) is 29.6. The van der Waals surface area contributed by atoms with Crippen LogP contribution in [0.1, 0.15) is 181 Å². The van der Waals surface area contributed by atoms with Crippen molar-refractivity contribution in [2.24, 2.45) is 5.73 Å². The van der Waals surface area contributed by atoms with Crippen LogP contribution in [-0.4, -0.2) is 31.2 Å². The Morgan fingerprint density at radius 3 is 1.35 bits per heavy atom. The maximum atomic E-state index is 12.1. The Hall–Kier alpha value is -1.36. The molecule has 0 aromatic rings. The molecule has 0 aromatic heterocycles. The minimum atomic E-state index is -0.545. The van der Waals surface area contributed by atoms with Crippen LogP contribution in [0.3, 0.4) is 0 Å². The fourth-order valence-electron chi connectivity index (χ4n) is 4.93. The largest absolute Gasteiger partial charge is 0.462 e. The molecular weight excluding hydrogens is 498 g/mol. The van der Waals surface area contributed by atoms with Crippen LogP contribution >= 0.6 is 0 Å². The van der Waals surface area contributed by atoms with Gasteiger partial charge in [-0.05, 0) is 38.5 Å². The number of carbonyl (C=O) groups is 2. The zero-order valence-electron chi connectivity index (χ0n) is 26.7. The lowest BCUT2D eigenvalue weighted by Gasteiger charge is -2.16. The summed E-state index contributed by atoms with van der Waals surface area (Å²) < 4.78 is 10.7. The second-order valence-electron chi connectivity index (χ2n) is 11.7. The number of allylic oxidation sites excluding steroid dienone is 2. The highest BCUT2D eigenvalue weighted by Gasteiger charge is 2.15. The number of hydrogen-bond acceptors (Lipinski definition) is 5. The van der Waals surface area contributed by atoms with Crippen molar-refractivity contribution in [2.45, 2.75) is 187 Å². The Bertz CT molecular complexity index is 578. The van der Waals surface area contributed by atoms with E-state index in [0.29, 0.717) is 12.8 Å². The molecule has 0 aliphatic rings. The molecule has 0 fully saturated rings. The van der Waals surface area contributed by atoms with Gasteiger partial charge in [-0.2, -0.15) is 0 Å². The Labute approximate surface area is 248 Å². The zero-order valence-corrected chi connectivity index (χ0v) is 26.7. The SMILES string of the molecule is CCCCCCCCC=CCCCCCCCC(=O)OC(CN)COC(=O)CCCCCCCCCCCCC. The standard InChI is InChI=1S/C35H67NO4/c1-3-5-7-9-11-13-15-16-17-18-20-22-24-26-28-30-35(38)40-33(31-36)32-39-34(37)29-27-25-23-21-19-14-12-10-8-6-4-2/h16-17,33H,3-15,18-32,36H2,1-2H3. The summed E-state index contributed by atoms with van der Waals surface area (Å²) >= 11 is 0. The van der Waals surface area contributed by atoms with E-state index < -0.39 is 6.10 Å². The first-order chi connectivity index (χ1) is 19.6. The summed E-state index contributed by atoms with van der Waals surface area (Å²) in [6.45, 7) is 4.75. The van der Waals surface area contributed by atoms with Crippen molar-refractivity contribution in [1.82, 2.24) is 0 Å². The number of nitrogens with two attached hydrogens (primary N) is 1. The van der Waals surface area contributed by atoms with E-state index in [1.165, 1.54) is 116 Å². The first kappa shape index (κ1) is 38.6. The Kier molecular flexibility index (Phi) is 31.1. The van der Waals surface area contributed by atoms with E-state index in [9.17, 15) is 9.59 Å². The van der Waals surface area contributed by atoms with Crippen molar-refractivity contribution >= 4 is 11.9 Å². The summed E-state index contributed by atoms with van der Waals surface area (Å²) in [5.74, 6) is -0.461. The van der Waals surface area contributed by atoms with Crippen molar-refractivity contribution < 1.29 is 19.1 Å². The van der Waals surface area contributed by atoms with Gasteiger partial charge in [0.1, 0.15) is 12.7 Å². The summed E-state index contributed by atoms with van der Waals surface area (Å²) in [5, 5.41) is 0. The van der Waals surface area contributed by atoms with Gasteiger partial charge in [-0.3, -0.25) is 9.59 Å². The van der Waals surface area contributed by atoms with E-state index in [2.05, 4.69) is 26.0 Å². The molecule has 236 valence electrons. The third-order valence-corrected chi connectivity index (χ3v) is 7.62. The average molecular weight is 566 g/mol. The van der Waals surface area contributed by atoms with E-state index >= 15 is 0 Å². The van der Waals surface area contributed by atoms with Crippen LogP contribution in [0.5, 0.6) is 0 Å². The van der Waals surface area contributed by atoms with Crippen LogP contribution < -0.4 is 5.73 Å². The molecule has 5 nitrogen and oxygen atoms in total. The molecule has 1 atom stereocenters. The molecule has 5 heteroatoms. The van der Waals surface area contributed by atoms with Gasteiger partial charge in [-0.25, -0.2) is 0 Å². The fourth-order valence-corrected chi connectivity index (χ4v) is 4.93. The van der Waals surface area contributed by atoms with Gasteiger partial charge in [0, 0.05) is 19.4 Å². The highest BCUT2D eigenvalue weighted by atomic mass is 16.6. The molecule has 0 amide bonds. The topological polar surface area (TPSA) is 78.6 Å². The highest BCUT2D eigenvalue weighted by Crippen LogP contribution is 2.13. The van der Waals surface area contributed by atoms with Gasteiger partial charge in [-0.1, -0.05) is 142 Å². The Morgan fingerprint density at radius 1 is 0.550 bits per heavy atom. The number of ether oxygens (including phenoxy) is 2. The Balaban J connectivity index is 3.57. The van der Waals surface area contributed by atoms with Crippen molar-refractivity contribution in [3.63, 3.8) is 0 Å². The van der Waals surface area contributed by atoms with Crippen LogP contribution in [0.25, 0.3) is 0 Å². The van der Waals surface area contributed by atoms with Gasteiger partial charge in [-0.15, -0.1) is 0 Å². The van der Waals surface area contributed by atoms with Crippen LogP contribution in [0.2, 0.25) is 0 Å². The van der Waals surface area contributed by atoms with E-state index in [1.807, 2.05) is 0 Å². The van der Waals surface area contributed by atoms with Gasteiger partial charge in [0.25, 0.3) is 0 Å². The minimum Gasteiger partial charge on any atom is -0.462 e. The molecule has 0 aromatic carbocycles. The van der Waals surface area contributed by atoms with Crippen molar-refractivity contribution in [3.8, 4) is 0 Å². The van der Waals surface area contributed by atoms with Crippen LogP contribution in [0.4, 0.5) is 0 Å². The quantitative estimate of drug-likeness (QED) is 0.0514. The summed E-state index contributed by atoms with van der Waals surface area (Å²) in [7, 11) is 0. The number of unbranched alkanes of at least 4 members (excludes halogenated alkanes) is 21. The molecule has 0 aliphatic carbocycles. The van der Waals surface area contributed by atoms with Crippen molar-refractivity contribution in [3.05, 3.63) is 12.2 Å². The molecule has 0 radical (unpaired) electrons. The zero-order chi connectivity index (χ0) is 29.4. The monoisotopic (exact) mass is 566 g/mol. The average Bonchev–Trinajstić information content (AvgIpc) is 2.96. The van der Waals surface area contributed by atoms with E-state index in [4.69, 9.17) is 15.2 Å². The van der Waals surface area contributed by atoms with Gasteiger partial charge in [0.2, 0.25) is 0 Å².